The molecule has 1 aromatic rings. The van der Waals surface area contributed by atoms with Gasteiger partial charge in [0, 0.05) is 5.54 Å². The zero-order valence-electron chi connectivity index (χ0n) is 9.46. The van der Waals surface area contributed by atoms with Crippen LogP contribution in [0.5, 0.6) is 0 Å². The summed E-state index contributed by atoms with van der Waals surface area (Å²) in [7, 11) is 0. The fourth-order valence-electron chi connectivity index (χ4n) is 1.18. The van der Waals surface area contributed by atoms with Gasteiger partial charge >= 0.3 is 0 Å². The number of nitrogens with two attached hydrogens (primary N) is 1. The first-order valence-corrected chi connectivity index (χ1v) is 4.97. The van der Waals surface area contributed by atoms with Gasteiger partial charge in [-0.3, -0.25) is 0 Å². The average molecular weight is 222 g/mol. The van der Waals surface area contributed by atoms with E-state index in [2.05, 4.69) is 0 Å². The Labute approximate surface area is 94.6 Å². The fourth-order valence-corrected chi connectivity index (χ4v) is 1.18. The minimum absolute atomic E-state index is 0.0353. The van der Waals surface area contributed by atoms with Gasteiger partial charge in [0.1, 0.15) is 11.9 Å². The van der Waals surface area contributed by atoms with Crippen molar-refractivity contribution in [1.29, 1.82) is 5.26 Å². The summed E-state index contributed by atoms with van der Waals surface area (Å²) in [5, 5.41) is 8.65. The Balaban J connectivity index is 2.59. The summed E-state index contributed by atoms with van der Waals surface area (Å²) in [5.41, 5.74) is 6.15. The first-order chi connectivity index (χ1) is 7.42. The van der Waals surface area contributed by atoms with Crippen molar-refractivity contribution in [2.24, 2.45) is 5.73 Å². The number of rotatable bonds is 4. The molecule has 3 nitrogen and oxygen atoms in total. The molecule has 16 heavy (non-hydrogen) atoms. The number of hydrogen-bond acceptors (Lipinski definition) is 3. The molecule has 0 aliphatic heterocycles. The minimum Gasteiger partial charge on any atom is -0.375 e. The van der Waals surface area contributed by atoms with Gasteiger partial charge < -0.3 is 10.5 Å². The smallest absolute Gasteiger partial charge is 0.140 e. The molecule has 86 valence electrons. The Bertz CT molecular complexity index is 404. The lowest BCUT2D eigenvalue weighted by Gasteiger charge is -2.18. The van der Waals surface area contributed by atoms with Crippen molar-refractivity contribution in [2.75, 3.05) is 6.61 Å². The molecule has 0 bridgehead atoms. The van der Waals surface area contributed by atoms with Gasteiger partial charge in [-0.05, 0) is 31.5 Å². The zero-order valence-corrected chi connectivity index (χ0v) is 9.46. The normalized spacial score (nSPS) is 11.2. The van der Waals surface area contributed by atoms with E-state index in [1.807, 2.05) is 13.8 Å². The van der Waals surface area contributed by atoms with Crippen molar-refractivity contribution < 1.29 is 9.13 Å². The molecule has 0 aliphatic rings. The van der Waals surface area contributed by atoms with E-state index in [1.165, 1.54) is 12.1 Å². The van der Waals surface area contributed by atoms with Gasteiger partial charge in [0.05, 0.1) is 18.8 Å². The molecule has 0 saturated carbocycles. The van der Waals surface area contributed by atoms with Gasteiger partial charge in [0.25, 0.3) is 0 Å². The topological polar surface area (TPSA) is 59.0 Å². The lowest BCUT2D eigenvalue weighted by Crippen LogP contribution is -2.37. The molecule has 4 heteroatoms. The van der Waals surface area contributed by atoms with Crippen LogP contribution in [0.25, 0.3) is 0 Å². The number of nitriles is 1. The quantitative estimate of drug-likeness (QED) is 0.847. The largest absolute Gasteiger partial charge is 0.375 e. The van der Waals surface area contributed by atoms with Crippen LogP contribution in [0.15, 0.2) is 18.2 Å². The van der Waals surface area contributed by atoms with Crippen LogP contribution in [0.3, 0.4) is 0 Å². The second-order valence-electron chi connectivity index (χ2n) is 4.41. The van der Waals surface area contributed by atoms with Crippen molar-refractivity contribution >= 4 is 0 Å². The molecule has 2 N–H and O–H groups in total. The maximum Gasteiger partial charge on any atom is 0.140 e. The third kappa shape index (κ3) is 3.97. The SMILES string of the molecule is CC(C)(N)COCc1ccc(F)c(C#N)c1. The summed E-state index contributed by atoms with van der Waals surface area (Å²) in [5.74, 6) is -0.509. The standard InChI is InChI=1S/C12H15FN2O/c1-12(2,15)8-16-7-9-3-4-11(13)10(5-9)6-14/h3-5H,7-8,15H2,1-2H3. The maximum atomic E-state index is 13.0. The molecule has 0 fully saturated rings. The molecule has 0 atom stereocenters. The van der Waals surface area contributed by atoms with E-state index in [0.717, 1.165) is 5.56 Å². The predicted molar refractivity (Wildman–Crippen MR) is 59.0 cm³/mol. The molecule has 0 aromatic heterocycles. The Morgan fingerprint density at radius 2 is 2.19 bits per heavy atom. The van der Waals surface area contributed by atoms with E-state index in [-0.39, 0.29) is 5.56 Å². The van der Waals surface area contributed by atoms with Crippen molar-refractivity contribution in [3.8, 4) is 6.07 Å². The van der Waals surface area contributed by atoms with Crippen molar-refractivity contribution in [3.05, 3.63) is 35.1 Å². The minimum atomic E-state index is -0.509. The second kappa shape index (κ2) is 5.06. The highest BCUT2D eigenvalue weighted by Crippen LogP contribution is 2.11. The molecule has 0 radical (unpaired) electrons. The van der Waals surface area contributed by atoms with Crippen LogP contribution in [0.1, 0.15) is 25.0 Å². The van der Waals surface area contributed by atoms with Gasteiger partial charge in [-0.15, -0.1) is 0 Å². The van der Waals surface area contributed by atoms with Crippen LogP contribution >= 0.6 is 0 Å². The Hall–Kier alpha value is -1.44. The maximum absolute atomic E-state index is 13.0. The summed E-state index contributed by atoms with van der Waals surface area (Å²) >= 11 is 0. The number of hydrogen-bond donors (Lipinski definition) is 1. The second-order valence-corrected chi connectivity index (χ2v) is 4.41. The summed E-state index contributed by atoms with van der Waals surface area (Å²) in [6.45, 7) is 4.46. The Morgan fingerprint density at radius 1 is 1.50 bits per heavy atom. The lowest BCUT2D eigenvalue weighted by atomic mass is 10.1. The third-order valence-corrected chi connectivity index (χ3v) is 1.89. The van der Waals surface area contributed by atoms with Gasteiger partial charge in [0.2, 0.25) is 0 Å². The number of halogens is 1. The van der Waals surface area contributed by atoms with Crippen LogP contribution < -0.4 is 5.73 Å². The van der Waals surface area contributed by atoms with E-state index >= 15 is 0 Å². The van der Waals surface area contributed by atoms with E-state index in [1.54, 1.807) is 12.1 Å². The first-order valence-electron chi connectivity index (χ1n) is 4.97. The van der Waals surface area contributed by atoms with E-state index in [0.29, 0.717) is 13.2 Å². The molecular weight excluding hydrogens is 207 g/mol. The zero-order chi connectivity index (χ0) is 12.2. The highest BCUT2D eigenvalue weighted by atomic mass is 19.1. The fraction of sp³-hybridized carbons (Fsp3) is 0.417. The summed E-state index contributed by atoms with van der Waals surface area (Å²) < 4.78 is 18.4. The van der Waals surface area contributed by atoms with Gasteiger partial charge in [-0.25, -0.2) is 4.39 Å². The monoisotopic (exact) mass is 222 g/mol. The summed E-state index contributed by atoms with van der Waals surface area (Å²) in [4.78, 5) is 0. The van der Waals surface area contributed by atoms with Crippen molar-refractivity contribution in [2.45, 2.75) is 26.0 Å². The Kier molecular flexibility index (Phi) is 3.99. The van der Waals surface area contributed by atoms with Crippen molar-refractivity contribution in [3.63, 3.8) is 0 Å². The van der Waals surface area contributed by atoms with Gasteiger partial charge in [-0.1, -0.05) is 6.07 Å². The van der Waals surface area contributed by atoms with Crippen LogP contribution in [0, 0.1) is 17.1 Å². The van der Waals surface area contributed by atoms with Gasteiger partial charge in [-0.2, -0.15) is 5.26 Å². The van der Waals surface area contributed by atoms with Crippen LogP contribution in [0.2, 0.25) is 0 Å². The molecule has 0 heterocycles. The van der Waals surface area contributed by atoms with Crippen LogP contribution in [-0.2, 0) is 11.3 Å². The molecule has 0 aliphatic carbocycles. The average Bonchev–Trinajstić information content (AvgIpc) is 2.18. The van der Waals surface area contributed by atoms with E-state index in [4.69, 9.17) is 15.7 Å². The molecular formula is C12H15FN2O. The number of ether oxygens (including phenoxy) is 1. The molecule has 1 aromatic carbocycles. The van der Waals surface area contributed by atoms with E-state index in [9.17, 15) is 4.39 Å². The van der Waals surface area contributed by atoms with Gasteiger partial charge in [0.15, 0.2) is 0 Å². The van der Waals surface area contributed by atoms with E-state index < -0.39 is 11.4 Å². The highest BCUT2D eigenvalue weighted by Gasteiger charge is 2.10. The molecule has 1 rings (SSSR count). The molecule has 0 saturated heterocycles. The molecule has 0 amide bonds. The third-order valence-electron chi connectivity index (χ3n) is 1.89. The molecule has 0 unspecified atom stereocenters. The Morgan fingerprint density at radius 3 is 2.75 bits per heavy atom. The summed E-state index contributed by atoms with van der Waals surface area (Å²) in [6, 6.07) is 6.14. The highest BCUT2D eigenvalue weighted by molar-refractivity contribution is 5.34. The summed E-state index contributed by atoms with van der Waals surface area (Å²) in [6.07, 6.45) is 0. The van der Waals surface area contributed by atoms with Crippen LogP contribution in [-0.4, -0.2) is 12.1 Å². The predicted octanol–water partition coefficient (Wildman–Crippen LogP) is 1.95. The van der Waals surface area contributed by atoms with Crippen molar-refractivity contribution in [1.82, 2.24) is 0 Å². The number of benzene rings is 1. The molecule has 0 spiro atoms. The van der Waals surface area contributed by atoms with Crippen LogP contribution in [0.4, 0.5) is 4.39 Å². The lowest BCUT2D eigenvalue weighted by molar-refractivity contribution is 0.0850. The number of nitrogens with zero attached hydrogens (tertiary/aromatic N) is 1. The first kappa shape index (κ1) is 12.6.